The number of aliphatic hydroxyl groups is 1. The molecule has 21 heavy (non-hydrogen) atoms. The smallest absolute Gasteiger partial charge is 0.221 e. The van der Waals surface area contributed by atoms with Gasteiger partial charge in [0.1, 0.15) is 6.10 Å². The molecule has 0 spiro atoms. The molecule has 0 aliphatic rings. The Hall–Kier alpha value is -1.40. The van der Waals surface area contributed by atoms with E-state index >= 15 is 0 Å². The van der Waals surface area contributed by atoms with Gasteiger partial charge in [0.05, 0.1) is 4.34 Å². The number of hydrogen-bond acceptors (Lipinski definition) is 4. The van der Waals surface area contributed by atoms with E-state index in [0.717, 1.165) is 16.1 Å². The van der Waals surface area contributed by atoms with Gasteiger partial charge in [-0.2, -0.15) is 0 Å². The van der Waals surface area contributed by atoms with E-state index in [1.54, 1.807) is 6.07 Å². The zero-order valence-electron chi connectivity index (χ0n) is 11.6. The minimum Gasteiger partial charge on any atom is -0.386 e. The molecular formula is C15H17ClN2O2S. The molecule has 112 valence electrons. The highest BCUT2D eigenvalue weighted by Crippen LogP contribution is 2.26. The van der Waals surface area contributed by atoms with Crippen LogP contribution in [0.3, 0.4) is 0 Å². The number of hydrogen-bond donors (Lipinski definition) is 3. The quantitative estimate of drug-likeness (QED) is 0.764. The predicted octanol–water partition coefficient (Wildman–Crippen LogP) is 3.18. The normalized spacial score (nSPS) is 12.1. The number of rotatable bonds is 6. The van der Waals surface area contributed by atoms with Crippen LogP contribution in [0.1, 0.15) is 23.5 Å². The summed E-state index contributed by atoms with van der Waals surface area (Å²) in [6.07, 6.45) is -0.588. The third-order valence-electron chi connectivity index (χ3n) is 2.90. The van der Waals surface area contributed by atoms with Crippen LogP contribution in [0, 0.1) is 0 Å². The Morgan fingerprint density at radius 3 is 2.76 bits per heavy atom. The Morgan fingerprint density at radius 2 is 2.10 bits per heavy atom. The van der Waals surface area contributed by atoms with Crippen LogP contribution in [0.4, 0.5) is 5.69 Å². The van der Waals surface area contributed by atoms with Crippen molar-refractivity contribution in [2.24, 2.45) is 0 Å². The van der Waals surface area contributed by atoms with E-state index in [1.807, 2.05) is 30.3 Å². The van der Waals surface area contributed by atoms with Gasteiger partial charge < -0.3 is 15.7 Å². The fraction of sp³-hybridized carbons (Fsp3) is 0.267. The summed E-state index contributed by atoms with van der Waals surface area (Å²) < 4.78 is 0.667. The molecule has 0 aliphatic heterocycles. The molecule has 0 aliphatic carbocycles. The van der Waals surface area contributed by atoms with Crippen LogP contribution < -0.4 is 10.6 Å². The highest BCUT2D eigenvalue weighted by Gasteiger charge is 2.10. The van der Waals surface area contributed by atoms with Gasteiger partial charge in [-0.15, -0.1) is 11.3 Å². The summed E-state index contributed by atoms with van der Waals surface area (Å²) in [7, 11) is 0. The van der Waals surface area contributed by atoms with E-state index in [4.69, 9.17) is 11.6 Å². The summed E-state index contributed by atoms with van der Waals surface area (Å²) in [6, 6.07) is 11.2. The predicted molar refractivity (Wildman–Crippen MR) is 86.7 cm³/mol. The lowest BCUT2D eigenvalue weighted by atomic mass is 10.1. The molecular weight excluding hydrogens is 308 g/mol. The first-order valence-corrected chi connectivity index (χ1v) is 7.75. The van der Waals surface area contributed by atoms with E-state index in [0.29, 0.717) is 17.4 Å². The molecule has 1 heterocycles. The zero-order chi connectivity index (χ0) is 15.2. The van der Waals surface area contributed by atoms with Crippen LogP contribution >= 0.6 is 22.9 Å². The van der Waals surface area contributed by atoms with Gasteiger partial charge in [0.2, 0.25) is 5.91 Å². The number of amides is 1. The first-order chi connectivity index (χ1) is 10.1. The third kappa shape index (κ3) is 4.82. The Bertz CT molecular complexity index is 615. The van der Waals surface area contributed by atoms with Crippen molar-refractivity contribution in [2.75, 3.05) is 11.9 Å². The average Bonchev–Trinajstić information content (AvgIpc) is 2.87. The van der Waals surface area contributed by atoms with Gasteiger partial charge >= 0.3 is 0 Å². The van der Waals surface area contributed by atoms with E-state index in [1.165, 1.54) is 18.3 Å². The van der Waals surface area contributed by atoms with Crippen molar-refractivity contribution in [3.63, 3.8) is 0 Å². The van der Waals surface area contributed by atoms with Crippen LogP contribution in [0.2, 0.25) is 4.34 Å². The Kier molecular flexibility index (Phi) is 5.76. The SMILES string of the molecule is CC(=O)Nc1ccccc1CNCC(O)c1ccc(Cl)s1. The maximum atomic E-state index is 11.2. The fourth-order valence-electron chi connectivity index (χ4n) is 1.94. The van der Waals surface area contributed by atoms with Crippen molar-refractivity contribution >= 4 is 34.5 Å². The molecule has 3 N–H and O–H groups in total. The number of benzene rings is 1. The molecule has 1 aromatic carbocycles. The van der Waals surface area contributed by atoms with Gasteiger partial charge in [-0.1, -0.05) is 29.8 Å². The molecule has 2 aromatic rings. The fourth-order valence-corrected chi connectivity index (χ4v) is 2.98. The maximum Gasteiger partial charge on any atom is 0.221 e. The summed E-state index contributed by atoms with van der Waals surface area (Å²) in [5.41, 5.74) is 1.76. The summed E-state index contributed by atoms with van der Waals surface area (Å²) in [6.45, 7) is 2.46. The highest BCUT2D eigenvalue weighted by molar-refractivity contribution is 7.16. The van der Waals surface area contributed by atoms with Crippen molar-refractivity contribution in [3.05, 3.63) is 51.2 Å². The van der Waals surface area contributed by atoms with Crippen molar-refractivity contribution in [2.45, 2.75) is 19.6 Å². The van der Waals surface area contributed by atoms with Gasteiger partial charge in [0, 0.05) is 30.6 Å². The molecule has 0 saturated heterocycles. The van der Waals surface area contributed by atoms with E-state index in [9.17, 15) is 9.90 Å². The first kappa shape index (κ1) is 16.0. The van der Waals surface area contributed by atoms with E-state index in [2.05, 4.69) is 10.6 Å². The molecule has 1 aromatic heterocycles. The average molecular weight is 325 g/mol. The summed E-state index contributed by atoms with van der Waals surface area (Å²) in [4.78, 5) is 12.0. The van der Waals surface area contributed by atoms with Crippen molar-refractivity contribution in [3.8, 4) is 0 Å². The van der Waals surface area contributed by atoms with Gasteiger partial charge in [-0.25, -0.2) is 0 Å². The minimum atomic E-state index is -0.588. The second-order valence-electron chi connectivity index (χ2n) is 4.63. The number of carbonyl (C=O) groups is 1. The van der Waals surface area contributed by atoms with Crippen molar-refractivity contribution < 1.29 is 9.90 Å². The maximum absolute atomic E-state index is 11.2. The Morgan fingerprint density at radius 1 is 1.33 bits per heavy atom. The topological polar surface area (TPSA) is 61.4 Å². The summed E-state index contributed by atoms with van der Waals surface area (Å²) in [5, 5.41) is 16.0. The van der Waals surface area contributed by atoms with Gasteiger partial charge in [0.25, 0.3) is 0 Å². The highest BCUT2D eigenvalue weighted by atomic mass is 35.5. The molecule has 6 heteroatoms. The largest absolute Gasteiger partial charge is 0.386 e. The number of carbonyl (C=O) groups excluding carboxylic acids is 1. The number of nitrogens with one attached hydrogen (secondary N) is 2. The number of anilines is 1. The molecule has 0 radical (unpaired) electrons. The molecule has 0 saturated carbocycles. The minimum absolute atomic E-state index is 0.101. The second-order valence-corrected chi connectivity index (χ2v) is 6.37. The van der Waals surface area contributed by atoms with Crippen LogP contribution in [-0.2, 0) is 11.3 Å². The van der Waals surface area contributed by atoms with Crippen LogP contribution in [-0.4, -0.2) is 17.6 Å². The standard InChI is InChI=1S/C15H17ClN2O2S/c1-10(19)18-12-5-3-2-4-11(12)8-17-9-13(20)14-6-7-15(16)21-14/h2-7,13,17,20H,8-9H2,1H3,(H,18,19). The van der Waals surface area contributed by atoms with E-state index < -0.39 is 6.10 Å². The lowest BCUT2D eigenvalue weighted by Crippen LogP contribution is -2.21. The lowest BCUT2D eigenvalue weighted by Gasteiger charge is -2.13. The Balaban J connectivity index is 1.90. The number of halogens is 1. The number of aliphatic hydroxyl groups excluding tert-OH is 1. The van der Waals surface area contributed by atoms with Gasteiger partial charge in [-0.05, 0) is 23.8 Å². The molecule has 1 atom stereocenters. The molecule has 1 amide bonds. The molecule has 4 nitrogen and oxygen atoms in total. The Labute approximate surface area is 132 Å². The summed E-state index contributed by atoms with van der Waals surface area (Å²) in [5.74, 6) is -0.101. The van der Waals surface area contributed by atoms with Crippen molar-refractivity contribution in [1.29, 1.82) is 0 Å². The van der Waals surface area contributed by atoms with Crippen LogP contribution in [0.25, 0.3) is 0 Å². The van der Waals surface area contributed by atoms with Gasteiger partial charge in [-0.3, -0.25) is 4.79 Å². The summed E-state index contributed by atoms with van der Waals surface area (Å²) >= 11 is 7.22. The zero-order valence-corrected chi connectivity index (χ0v) is 13.2. The molecule has 2 rings (SSSR count). The van der Waals surface area contributed by atoms with Gasteiger partial charge in [0.15, 0.2) is 0 Å². The second kappa shape index (κ2) is 7.56. The van der Waals surface area contributed by atoms with Crippen molar-refractivity contribution in [1.82, 2.24) is 5.32 Å². The first-order valence-electron chi connectivity index (χ1n) is 6.56. The van der Waals surface area contributed by atoms with Crippen LogP contribution in [0.5, 0.6) is 0 Å². The van der Waals surface area contributed by atoms with Crippen LogP contribution in [0.15, 0.2) is 36.4 Å². The lowest BCUT2D eigenvalue weighted by molar-refractivity contribution is -0.114. The van der Waals surface area contributed by atoms with E-state index in [-0.39, 0.29) is 5.91 Å². The third-order valence-corrected chi connectivity index (χ3v) is 4.24. The monoisotopic (exact) mass is 324 g/mol. The number of thiophene rings is 1. The number of para-hydroxylation sites is 1. The molecule has 0 fully saturated rings. The molecule has 1 unspecified atom stereocenters. The molecule has 0 bridgehead atoms.